The first-order valence-corrected chi connectivity index (χ1v) is 5.88. The zero-order valence-electron chi connectivity index (χ0n) is 10.3. The van der Waals surface area contributed by atoms with Crippen LogP contribution >= 0.6 is 0 Å². The van der Waals surface area contributed by atoms with Gasteiger partial charge in [-0.05, 0) is 30.0 Å². The van der Waals surface area contributed by atoms with Crippen molar-refractivity contribution in [1.29, 1.82) is 0 Å². The lowest BCUT2D eigenvalue weighted by molar-refractivity contribution is -0.121. The van der Waals surface area contributed by atoms with Crippen LogP contribution in [0.15, 0.2) is 24.3 Å². The second kappa shape index (κ2) is 6.31. The fraction of sp³-hybridized carbons (Fsp3) is 0.500. The number of benzene rings is 1. The summed E-state index contributed by atoms with van der Waals surface area (Å²) in [5.41, 5.74) is 1.24. The Kier molecular flexibility index (Phi) is 5.03. The number of carbonyl (C=O) groups is 1. The highest BCUT2D eigenvalue weighted by Crippen LogP contribution is 2.20. The van der Waals surface area contributed by atoms with Gasteiger partial charge in [0.15, 0.2) is 5.78 Å². The molecule has 0 bridgehead atoms. The second-order valence-electron chi connectivity index (χ2n) is 4.30. The third-order valence-electron chi connectivity index (χ3n) is 2.45. The van der Waals surface area contributed by atoms with Crippen molar-refractivity contribution in [2.45, 2.75) is 39.5 Å². The summed E-state index contributed by atoms with van der Waals surface area (Å²) < 4.78 is 5.46. The Hall–Kier alpha value is -1.31. The smallest absolute Gasteiger partial charge is 0.170 e. The average Bonchev–Trinajstić information content (AvgIpc) is 2.27. The maximum Gasteiger partial charge on any atom is 0.170 e. The molecule has 0 N–H and O–H groups in total. The molecule has 0 saturated heterocycles. The van der Waals surface area contributed by atoms with Gasteiger partial charge in [0.25, 0.3) is 0 Å². The van der Waals surface area contributed by atoms with E-state index in [0.717, 1.165) is 12.2 Å². The van der Waals surface area contributed by atoms with Crippen LogP contribution in [-0.2, 0) is 4.79 Å². The van der Waals surface area contributed by atoms with Crippen LogP contribution in [0.25, 0.3) is 0 Å². The van der Waals surface area contributed by atoms with E-state index in [4.69, 9.17) is 4.74 Å². The van der Waals surface area contributed by atoms with Crippen LogP contribution in [-0.4, -0.2) is 12.4 Å². The van der Waals surface area contributed by atoms with E-state index < -0.39 is 0 Å². The first-order valence-electron chi connectivity index (χ1n) is 5.88. The number of hydrogen-bond donors (Lipinski definition) is 0. The summed E-state index contributed by atoms with van der Waals surface area (Å²) in [5, 5.41) is 0. The predicted octanol–water partition coefficient (Wildman–Crippen LogP) is 3.56. The fourth-order valence-electron chi connectivity index (χ4n) is 1.48. The molecule has 0 fully saturated rings. The van der Waals surface area contributed by atoms with Gasteiger partial charge in [-0.2, -0.15) is 0 Å². The van der Waals surface area contributed by atoms with Crippen LogP contribution in [0.1, 0.15) is 45.1 Å². The van der Waals surface area contributed by atoms with Gasteiger partial charge in [-0.25, -0.2) is 0 Å². The van der Waals surface area contributed by atoms with E-state index in [2.05, 4.69) is 19.9 Å². The van der Waals surface area contributed by atoms with E-state index >= 15 is 0 Å². The summed E-state index contributed by atoms with van der Waals surface area (Å²) in [6.07, 6.45) is 1.48. The number of hydrogen-bond acceptors (Lipinski definition) is 2. The number of ketones is 1. The zero-order chi connectivity index (χ0) is 12.0. The Labute approximate surface area is 97.6 Å². The van der Waals surface area contributed by atoms with Gasteiger partial charge in [-0.3, -0.25) is 4.79 Å². The molecule has 0 aromatic heterocycles. The molecule has 16 heavy (non-hydrogen) atoms. The van der Waals surface area contributed by atoms with Gasteiger partial charge in [-0.15, -0.1) is 0 Å². The second-order valence-corrected chi connectivity index (χ2v) is 4.30. The minimum Gasteiger partial charge on any atom is -0.486 e. The highest BCUT2D eigenvalue weighted by molar-refractivity contribution is 5.79. The average molecular weight is 220 g/mol. The zero-order valence-corrected chi connectivity index (χ0v) is 10.3. The Bertz CT molecular complexity index is 342. The molecule has 1 aromatic rings. The number of rotatable bonds is 6. The van der Waals surface area contributed by atoms with Gasteiger partial charge in [0, 0.05) is 6.42 Å². The lowest BCUT2D eigenvalue weighted by atomic mass is 10.0. The van der Waals surface area contributed by atoms with E-state index in [1.165, 1.54) is 5.56 Å². The van der Waals surface area contributed by atoms with Gasteiger partial charge in [0.05, 0.1) is 0 Å². The molecule has 0 amide bonds. The molecular weight excluding hydrogens is 200 g/mol. The maximum atomic E-state index is 11.3. The van der Waals surface area contributed by atoms with Crippen LogP contribution < -0.4 is 4.74 Å². The Balaban J connectivity index is 2.54. The Morgan fingerprint density at radius 3 is 2.75 bits per heavy atom. The van der Waals surface area contributed by atoms with Crippen molar-refractivity contribution < 1.29 is 9.53 Å². The van der Waals surface area contributed by atoms with Crippen LogP contribution in [0.2, 0.25) is 0 Å². The first kappa shape index (κ1) is 12.8. The van der Waals surface area contributed by atoms with Crippen molar-refractivity contribution in [1.82, 2.24) is 0 Å². The lowest BCUT2D eigenvalue weighted by Crippen LogP contribution is -2.10. The summed E-state index contributed by atoms with van der Waals surface area (Å²) >= 11 is 0. The maximum absolute atomic E-state index is 11.3. The molecule has 0 spiro atoms. The highest BCUT2D eigenvalue weighted by atomic mass is 16.5. The largest absolute Gasteiger partial charge is 0.486 e. The lowest BCUT2D eigenvalue weighted by Gasteiger charge is -2.09. The van der Waals surface area contributed by atoms with Crippen molar-refractivity contribution in [3.63, 3.8) is 0 Å². The van der Waals surface area contributed by atoms with E-state index in [-0.39, 0.29) is 12.4 Å². The molecule has 0 aliphatic carbocycles. The first-order chi connectivity index (χ1) is 7.63. The van der Waals surface area contributed by atoms with E-state index in [9.17, 15) is 4.79 Å². The van der Waals surface area contributed by atoms with Gasteiger partial charge in [0.2, 0.25) is 0 Å². The van der Waals surface area contributed by atoms with Crippen LogP contribution in [0.5, 0.6) is 5.75 Å². The van der Waals surface area contributed by atoms with Crippen LogP contribution in [0, 0.1) is 0 Å². The fourth-order valence-corrected chi connectivity index (χ4v) is 1.48. The predicted molar refractivity (Wildman–Crippen MR) is 65.9 cm³/mol. The molecule has 0 radical (unpaired) electrons. The monoisotopic (exact) mass is 220 g/mol. The van der Waals surface area contributed by atoms with Crippen molar-refractivity contribution in [2.24, 2.45) is 0 Å². The number of ether oxygens (including phenoxy) is 1. The Morgan fingerprint density at radius 1 is 1.38 bits per heavy atom. The summed E-state index contributed by atoms with van der Waals surface area (Å²) in [5.74, 6) is 1.43. The van der Waals surface area contributed by atoms with Crippen molar-refractivity contribution in [2.75, 3.05) is 6.61 Å². The van der Waals surface area contributed by atoms with Crippen LogP contribution in [0.4, 0.5) is 0 Å². The Morgan fingerprint density at radius 2 is 2.12 bits per heavy atom. The molecular formula is C14H20O2. The molecule has 0 unspecified atom stereocenters. The van der Waals surface area contributed by atoms with E-state index in [0.29, 0.717) is 12.3 Å². The van der Waals surface area contributed by atoms with Crippen molar-refractivity contribution in [3.8, 4) is 5.75 Å². The molecule has 0 aliphatic heterocycles. The standard InChI is InChI=1S/C14H20O2/c1-4-6-13(15)10-16-14-8-5-7-12(9-14)11(2)3/h5,7-9,11H,4,6,10H2,1-3H3. The number of carbonyl (C=O) groups excluding carboxylic acids is 1. The van der Waals surface area contributed by atoms with E-state index in [1.54, 1.807) is 0 Å². The third kappa shape index (κ3) is 4.05. The summed E-state index contributed by atoms with van der Waals surface area (Å²) in [6, 6.07) is 7.94. The molecule has 88 valence electrons. The van der Waals surface area contributed by atoms with Gasteiger partial charge < -0.3 is 4.74 Å². The van der Waals surface area contributed by atoms with E-state index in [1.807, 2.05) is 25.1 Å². The molecule has 2 heteroatoms. The SMILES string of the molecule is CCCC(=O)COc1cccc(C(C)C)c1. The minimum absolute atomic E-state index is 0.164. The molecule has 0 atom stereocenters. The molecule has 1 aromatic carbocycles. The molecule has 0 saturated carbocycles. The van der Waals surface area contributed by atoms with Gasteiger partial charge in [-0.1, -0.05) is 32.9 Å². The van der Waals surface area contributed by atoms with Crippen LogP contribution in [0.3, 0.4) is 0 Å². The molecule has 0 aliphatic rings. The summed E-state index contributed by atoms with van der Waals surface area (Å²) in [6.45, 7) is 6.47. The normalized spacial score (nSPS) is 10.5. The summed E-state index contributed by atoms with van der Waals surface area (Å²) in [7, 11) is 0. The van der Waals surface area contributed by atoms with Crippen molar-refractivity contribution >= 4 is 5.78 Å². The topological polar surface area (TPSA) is 26.3 Å². The molecule has 0 heterocycles. The van der Waals surface area contributed by atoms with Gasteiger partial charge in [0.1, 0.15) is 12.4 Å². The van der Waals surface area contributed by atoms with Gasteiger partial charge >= 0.3 is 0 Å². The molecule has 2 nitrogen and oxygen atoms in total. The number of Topliss-reactive ketones (excluding diaryl/α,β-unsaturated/α-hetero) is 1. The minimum atomic E-state index is 0.164. The molecule has 1 rings (SSSR count). The highest BCUT2D eigenvalue weighted by Gasteiger charge is 2.04. The quantitative estimate of drug-likeness (QED) is 0.732. The third-order valence-corrected chi connectivity index (χ3v) is 2.45. The summed E-state index contributed by atoms with van der Waals surface area (Å²) in [4.78, 5) is 11.3. The van der Waals surface area contributed by atoms with Crippen molar-refractivity contribution in [3.05, 3.63) is 29.8 Å².